The Hall–Kier alpha value is -0.860. The lowest BCUT2D eigenvalue weighted by Crippen LogP contribution is -2.34. The third-order valence-corrected chi connectivity index (χ3v) is 2.86. The number of aliphatic hydroxyl groups is 1. The van der Waals surface area contributed by atoms with Gasteiger partial charge in [0.25, 0.3) is 0 Å². The smallest absolute Gasteiger partial charge is 0.0431 e. The van der Waals surface area contributed by atoms with Crippen molar-refractivity contribution in [2.75, 3.05) is 6.61 Å². The normalized spacial score (nSPS) is 15.0. The Morgan fingerprint density at radius 1 is 1.33 bits per heavy atom. The average Bonchev–Trinajstić information content (AvgIpc) is 2.18. The van der Waals surface area contributed by atoms with Gasteiger partial charge in [-0.2, -0.15) is 0 Å². The molecule has 1 rings (SSSR count). The standard InChI is InChI=1S/C13H21NO/c1-10-5-6-11(2)12(9-10)13(3,14)7-4-8-15/h5-6,9,15H,4,7-8,14H2,1-3H3. The highest BCUT2D eigenvalue weighted by Gasteiger charge is 2.22. The van der Waals surface area contributed by atoms with E-state index in [1.54, 1.807) is 0 Å². The molecule has 1 atom stereocenters. The second-order valence-electron chi connectivity index (χ2n) is 4.56. The molecule has 0 bridgehead atoms. The second kappa shape index (κ2) is 4.77. The first-order valence-electron chi connectivity index (χ1n) is 5.45. The predicted octanol–water partition coefficient (Wildman–Crippen LogP) is 2.25. The van der Waals surface area contributed by atoms with Gasteiger partial charge in [-0.05, 0) is 44.7 Å². The van der Waals surface area contributed by atoms with E-state index in [0.717, 1.165) is 12.8 Å². The third-order valence-electron chi connectivity index (χ3n) is 2.86. The van der Waals surface area contributed by atoms with E-state index in [-0.39, 0.29) is 12.1 Å². The van der Waals surface area contributed by atoms with Crippen LogP contribution in [0.4, 0.5) is 0 Å². The van der Waals surface area contributed by atoms with Crippen LogP contribution in [0.2, 0.25) is 0 Å². The van der Waals surface area contributed by atoms with Crippen molar-refractivity contribution in [2.24, 2.45) is 5.73 Å². The maximum atomic E-state index is 8.84. The summed E-state index contributed by atoms with van der Waals surface area (Å²) in [4.78, 5) is 0. The highest BCUT2D eigenvalue weighted by molar-refractivity contribution is 5.35. The molecule has 0 amide bonds. The highest BCUT2D eigenvalue weighted by atomic mass is 16.2. The fourth-order valence-electron chi connectivity index (χ4n) is 1.93. The maximum absolute atomic E-state index is 8.84. The van der Waals surface area contributed by atoms with Gasteiger partial charge >= 0.3 is 0 Å². The molecular formula is C13H21NO. The SMILES string of the molecule is Cc1ccc(C)c(C(C)(N)CCCO)c1. The molecule has 84 valence electrons. The summed E-state index contributed by atoms with van der Waals surface area (Å²) in [7, 11) is 0. The number of benzene rings is 1. The zero-order valence-corrected chi connectivity index (χ0v) is 9.88. The Bertz CT molecular complexity index is 331. The van der Waals surface area contributed by atoms with Gasteiger partial charge in [-0.15, -0.1) is 0 Å². The van der Waals surface area contributed by atoms with Gasteiger partial charge in [0.2, 0.25) is 0 Å². The van der Waals surface area contributed by atoms with E-state index >= 15 is 0 Å². The number of aliphatic hydroxyl groups excluding tert-OH is 1. The minimum atomic E-state index is -0.334. The highest BCUT2D eigenvalue weighted by Crippen LogP contribution is 2.26. The first-order chi connectivity index (χ1) is 6.97. The molecular weight excluding hydrogens is 186 g/mol. The van der Waals surface area contributed by atoms with Gasteiger partial charge in [-0.1, -0.05) is 23.8 Å². The monoisotopic (exact) mass is 207 g/mol. The van der Waals surface area contributed by atoms with E-state index in [1.807, 2.05) is 6.92 Å². The van der Waals surface area contributed by atoms with Gasteiger partial charge < -0.3 is 10.8 Å². The molecule has 0 spiro atoms. The van der Waals surface area contributed by atoms with Gasteiger partial charge in [-0.3, -0.25) is 0 Å². The van der Waals surface area contributed by atoms with Crippen molar-refractivity contribution in [3.63, 3.8) is 0 Å². The molecule has 1 unspecified atom stereocenters. The van der Waals surface area contributed by atoms with Crippen LogP contribution in [0.5, 0.6) is 0 Å². The zero-order chi connectivity index (χ0) is 11.5. The van der Waals surface area contributed by atoms with Crippen molar-refractivity contribution in [3.8, 4) is 0 Å². The zero-order valence-electron chi connectivity index (χ0n) is 9.88. The van der Waals surface area contributed by atoms with Crippen LogP contribution in [0.15, 0.2) is 18.2 Å². The molecule has 1 aromatic rings. The summed E-state index contributed by atoms with van der Waals surface area (Å²) in [6.45, 7) is 6.39. The topological polar surface area (TPSA) is 46.2 Å². The van der Waals surface area contributed by atoms with Crippen molar-refractivity contribution in [1.82, 2.24) is 0 Å². The molecule has 0 aliphatic carbocycles. The Morgan fingerprint density at radius 3 is 2.60 bits per heavy atom. The molecule has 0 radical (unpaired) electrons. The van der Waals surface area contributed by atoms with Gasteiger partial charge in [0.1, 0.15) is 0 Å². The lowest BCUT2D eigenvalue weighted by molar-refractivity contribution is 0.265. The molecule has 0 aliphatic rings. The summed E-state index contributed by atoms with van der Waals surface area (Å²) in [5.74, 6) is 0. The van der Waals surface area contributed by atoms with Crippen molar-refractivity contribution in [3.05, 3.63) is 34.9 Å². The predicted molar refractivity (Wildman–Crippen MR) is 63.8 cm³/mol. The molecule has 0 aliphatic heterocycles. The molecule has 0 saturated heterocycles. The van der Waals surface area contributed by atoms with Crippen LogP contribution in [0, 0.1) is 13.8 Å². The van der Waals surface area contributed by atoms with Gasteiger partial charge in [0, 0.05) is 12.1 Å². The summed E-state index contributed by atoms with van der Waals surface area (Å²) < 4.78 is 0. The van der Waals surface area contributed by atoms with Crippen molar-refractivity contribution >= 4 is 0 Å². The molecule has 2 heteroatoms. The summed E-state index contributed by atoms with van der Waals surface area (Å²) >= 11 is 0. The van der Waals surface area contributed by atoms with Crippen LogP contribution < -0.4 is 5.73 Å². The Labute approximate surface area is 92.1 Å². The largest absolute Gasteiger partial charge is 0.396 e. The van der Waals surface area contributed by atoms with E-state index in [1.165, 1.54) is 16.7 Å². The Balaban J connectivity index is 2.97. The average molecular weight is 207 g/mol. The van der Waals surface area contributed by atoms with Crippen LogP contribution in [0.25, 0.3) is 0 Å². The fraction of sp³-hybridized carbons (Fsp3) is 0.538. The van der Waals surface area contributed by atoms with Gasteiger partial charge in [0.05, 0.1) is 0 Å². The van der Waals surface area contributed by atoms with Gasteiger partial charge in [-0.25, -0.2) is 0 Å². The molecule has 15 heavy (non-hydrogen) atoms. The first-order valence-corrected chi connectivity index (χ1v) is 5.45. The molecule has 2 nitrogen and oxygen atoms in total. The maximum Gasteiger partial charge on any atom is 0.0431 e. The molecule has 0 aromatic heterocycles. The third kappa shape index (κ3) is 3.05. The minimum absolute atomic E-state index is 0.206. The van der Waals surface area contributed by atoms with Crippen LogP contribution in [0.1, 0.15) is 36.5 Å². The van der Waals surface area contributed by atoms with Crippen LogP contribution in [-0.2, 0) is 5.54 Å². The quantitative estimate of drug-likeness (QED) is 0.795. The van der Waals surface area contributed by atoms with Gasteiger partial charge in [0.15, 0.2) is 0 Å². The van der Waals surface area contributed by atoms with Crippen LogP contribution >= 0.6 is 0 Å². The summed E-state index contributed by atoms with van der Waals surface area (Å²) in [6, 6.07) is 6.35. The fourth-order valence-corrected chi connectivity index (χ4v) is 1.93. The van der Waals surface area contributed by atoms with Crippen molar-refractivity contribution < 1.29 is 5.11 Å². The molecule has 3 N–H and O–H groups in total. The summed E-state index contributed by atoms with van der Waals surface area (Å²) in [5.41, 5.74) is 9.60. The number of hydrogen-bond donors (Lipinski definition) is 2. The lowest BCUT2D eigenvalue weighted by atomic mass is 9.85. The second-order valence-corrected chi connectivity index (χ2v) is 4.56. The van der Waals surface area contributed by atoms with E-state index in [9.17, 15) is 0 Å². The summed E-state index contributed by atoms with van der Waals surface area (Å²) in [5, 5.41) is 8.84. The summed E-state index contributed by atoms with van der Waals surface area (Å²) in [6.07, 6.45) is 1.56. The van der Waals surface area contributed by atoms with Crippen LogP contribution in [-0.4, -0.2) is 11.7 Å². The Morgan fingerprint density at radius 2 is 2.00 bits per heavy atom. The van der Waals surface area contributed by atoms with E-state index < -0.39 is 0 Å². The Kier molecular flexibility index (Phi) is 3.89. The number of nitrogens with two attached hydrogens (primary N) is 1. The number of rotatable bonds is 4. The lowest BCUT2D eigenvalue weighted by Gasteiger charge is -2.27. The van der Waals surface area contributed by atoms with E-state index in [0.29, 0.717) is 0 Å². The first kappa shape index (κ1) is 12.2. The van der Waals surface area contributed by atoms with E-state index in [4.69, 9.17) is 10.8 Å². The molecule has 1 aromatic carbocycles. The molecule has 0 heterocycles. The van der Waals surface area contributed by atoms with Crippen LogP contribution in [0.3, 0.4) is 0 Å². The van der Waals surface area contributed by atoms with Crippen molar-refractivity contribution in [1.29, 1.82) is 0 Å². The van der Waals surface area contributed by atoms with E-state index in [2.05, 4.69) is 32.0 Å². The number of aryl methyl sites for hydroxylation is 2. The molecule has 0 saturated carbocycles. The number of hydrogen-bond acceptors (Lipinski definition) is 2. The van der Waals surface area contributed by atoms with Crippen molar-refractivity contribution in [2.45, 2.75) is 39.2 Å². The molecule has 0 fully saturated rings. The minimum Gasteiger partial charge on any atom is -0.396 e.